The molecule has 0 radical (unpaired) electrons. The molecule has 0 bridgehead atoms. The summed E-state index contributed by atoms with van der Waals surface area (Å²) >= 11 is 6.17. The zero-order chi connectivity index (χ0) is 76.3. The lowest BCUT2D eigenvalue weighted by Crippen LogP contribution is -2.65. The summed E-state index contributed by atoms with van der Waals surface area (Å²) in [6, 6.07) is -1.03. The highest BCUT2D eigenvalue weighted by atomic mass is 35.5. The number of likely N-dealkylation sites (N-methyl/N-ethyl adjacent to an activating group) is 6. The number of ether oxygens (including phenoxy) is 1. The Balaban J connectivity index is 1.31. The van der Waals surface area contributed by atoms with E-state index in [2.05, 4.69) is 16.0 Å². The molecule has 4 heterocycles. The first kappa shape index (κ1) is 82.4. The van der Waals surface area contributed by atoms with E-state index in [1.807, 2.05) is 46.8 Å². The molecule has 29 heteroatoms. The number of hydrogen-bond acceptors (Lipinski definition) is 13. The number of halogens is 4. The van der Waals surface area contributed by atoms with Crippen LogP contribution >= 0.6 is 11.6 Å². The second-order valence-corrected chi connectivity index (χ2v) is 29.7. The Hall–Kier alpha value is -7.88. The third kappa shape index (κ3) is 19.4. The first-order valence-corrected chi connectivity index (χ1v) is 36.8. The number of carbonyl (C=O) groups is 12. The molecule has 12 amide bonds. The summed E-state index contributed by atoms with van der Waals surface area (Å²) in [4.78, 5) is 193. The maximum Gasteiger partial charge on any atom is 0.417 e. The zero-order valence-corrected chi connectivity index (χ0v) is 63.1. The molecule has 2 aromatic carbocycles. The maximum absolute atomic E-state index is 15.6. The van der Waals surface area contributed by atoms with Gasteiger partial charge < -0.3 is 64.8 Å². The third-order valence-electron chi connectivity index (χ3n) is 21.8. The fourth-order valence-electron chi connectivity index (χ4n) is 14.7. The van der Waals surface area contributed by atoms with Gasteiger partial charge >= 0.3 is 6.18 Å². The fourth-order valence-corrected chi connectivity index (χ4v) is 15.1. The van der Waals surface area contributed by atoms with E-state index in [1.165, 1.54) is 87.4 Å². The minimum absolute atomic E-state index is 0.0117. The summed E-state index contributed by atoms with van der Waals surface area (Å²) in [5, 5.41) is 8.13. The quantitative estimate of drug-likeness (QED) is 0.232. The number of nitrogens with one attached hydrogen (secondary N) is 3. The lowest BCUT2D eigenvalue weighted by molar-refractivity contribution is -0.161. The smallest absolute Gasteiger partial charge is 0.378 e. The topological polar surface area (TPSA) is 279 Å². The third-order valence-corrected chi connectivity index (χ3v) is 22.1. The monoisotopic (exact) mass is 1460 g/mol. The van der Waals surface area contributed by atoms with Crippen LogP contribution in [0.15, 0.2) is 42.5 Å². The van der Waals surface area contributed by atoms with E-state index >= 15 is 33.6 Å². The molecule has 103 heavy (non-hydrogen) atoms. The van der Waals surface area contributed by atoms with Crippen molar-refractivity contribution in [3.8, 4) is 0 Å². The van der Waals surface area contributed by atoms with E-state index in [-0.39, 0.29) is 109 Å². The predicted molar refractivity (Wildman–Crippen MR) is 379 cm³/mol. The molecular formula is C74H108ClF3N12O13. The first-order chi connectivity index (χ1) is 48.5. The lowest BCUT2D eigenvalue weighted by atomic mass is 9.90. The average Bonchev–Trinajstić information content (AvgIpc) is 1.73. The summed E-state index contributed by atoms with van der Waals surface area (Å²) in [7, 11) is 7.03. The van der Waals surface area contributed by atoms with Gasteiger partial charge in [-0.05, 0) is 113 Å². The van der Waals surface area contributed by atoms with Crippen molar-refractivity contribution in [2.75, 3.05) is 87.7 Å². The number of alkyl halides is 3. The van der Waals surface area contributed by atoms with Gasteiger partial charge in [0.25, 0.3) is 0 Å². The number of morpholine rings is 1. The van der Waals surface area contributed by atoms with Gasteiger partial charge in [0.2, 0.25) is 70.9 Å². The minimum Gasteiger partial charge on any atom is -0.378 e. The molecule has 3 N–H and O–H groups in total. The van der Waals surface area contributed by atoms with Crippen LogP contribution in [0.4, 0.5) is 13.2 Å². The molecule has 1 spiro atoms. The molecule has 2 aromatic rings. The molecule has 4 saturated heterocycles. The Morgan fingerprint density at radius 1 is 0.670 bits per heavy atom. The molecule has 0 aromatic heterocycles. The number of amides is 12. The second kappa shape index (κ2) is 35.7. The van der Waals surface area contributed by atoms with E-state index in [4.69, 9.17) is 16.3 Å². The van der Waals surface area contributed by atoms with Crippen LogP contribution in [0.1, 0.15) is 155 Å². The number of nitrogens with zero attached hydrogens (tertiary/aromatic N) is 9. The van der Waals surface area contributed by atoms with Crippen LogP contribution in [0.25, 0.3) is 0 Å². The van der Waals surface area contributed by atoms with E-state index in [0.29, 0.717) is 37.7 Å². The molecule has 5 aliphatic rings. The molecular weight excluding hydrogens is 1360 g/mol. The van der Waals surface area contributed by atoms with Crippen molar-refractivity contribution in [2.24, 2.45) is 17.8 Å². The number of aryl methyl sites for hydroxylation is 2. The van der Waals surface area contributed by atoms with Gasteiger partial charge in [-0.25, -0.2) is 0 Å². The molecule has 570 valence electrons. The molecule has 7 rings (SSSR count). The Kier molecular flexibility index (Phi) is 28.6. The summed E-state index contributed by atoms with van der Waals surface area (Å²) in [6.45, 7) is 16.0. The van der Waals surface area contributed by atoms with E-state index in [9.17, 15) is 37.1 Å². The van der Waals surface area contributed by atoms with Crippen molar-refractivity contribution in [2.45, 2.75) is 218 Å². The number of rotatable bonds is 13. The molecule has 5 fully saturated rings. The summed E-state index contributed by atoms with van der Waals surface area (Å²) < 4.78 is 47.3. The van der Waals surface area contributed by atoms with Crippen LogP contribution in [0, 0.1) is 24.7 Å². The minimum atomic E-state index is -4.77. The summed E-state index contributed by atoms with van der Waals surface area (Å²) in [5.41, 5.74) is -0.835. The number of carbonyl (C=O) groups excluding carboxylic acids is 12. The first-order valence-electron chi connectivity index (χ1n) is 36.4. The Labute approximate surface area is 608 Å². The van der Waals surface area contributed by atoms with Crippen LogP contribution < -0.4 is 16.0 Å². The van der Waals surface area contributed by atoms with Crippen molar-refractivity contribution in [1.82, 2.24) is 60.0 Å². The number of fused-ring (bicyclic) bond motifs is 2. The van der Waals surface area contributed by atoms with E-state index in [1.54, 1.807) is 32.9 Å². The van der Waals surface area contributed by atoms with Crippen molar-refractivity contribution in [1.29, 1.82) is 0 Å². The zero-order valence-electron chi connectivity index (χ0n) is 62.4. The van der Waals surface area contributed by atoms with Gasteiger partial charge in [-0.15, -0.1) is 0 Å². The highest BCUT2D eigenvalue weighted by Crippen LogP contribution is 2.37. The van der Waals surface area contributed by atoms with Gasteiger partial charge in [-0.2, -0.15) is 13.2 Å². The van der Waals surface area contributed by atoms with Crippen LogP contribution in [0.5, 0.6) is 0 Å². The average molecular weight is 1470 g/mol. The van der Waals surface area contributed by atoms with Gasteiger partial charge in [-0.1, -0.05) is 115 Å². The van der Waals surface area contributed by atoms with Crippen molar-refractivity contribution in [3.63, 3.8) is 0 Å². The summed E-state index contributed by atoms with van der Waals surface area (Å²) in [5.74, 6) is -9.37. The van der Waals surface area contributed by atoms with Crippen LogP contribution in [0.2, 0.25) is 5.02 Å². The Morgan fingerprint density at radius 2 is 1.29 bits per heavy atom. The molecule has 25 nitrogen and oxygen atoms in total. The molecule has 1 aliphatic carbocycles. The standard InChI is InChI=1S/C74H108ClF3N12O13/c1-15-46(7)61-70(100)83(11)48(9)65(95)90-34-30-55(90)69(99)88(17-3)58(41-50-24-22-45(6)23-25-50)67(97)82(10)43-59(91)79-53(29-27-49-26-28-51(52(75)40-49)74(76,77)78)66(96)89-33-20-21-54(89)64(94)81-73(31-18-19-32-73)72(102)86(14)62(47(8)16-2)71(101)85(13)57(68(98)87-35-37-103-38-36-87)42-60(92)84(12)56(39-44(4)5)63(93)80-61/h22-26,28,40,44,46-48,53-58,61-62H,15-21,27,29-39,41-43H2,1-14H3,(H,79,91)(H,80,93)(H,81,94)/t46-,47-,48-,53-,54-,55-,56-,57-,58-,61-,62-/m0/s1. The Bertz CT molecular complexity index is 3420. The molecule has 11 atom stereocenters. The number of hydrogen-bond donors (Lipinski definition) is 3. The van der Waals surface area contributed by atoms with E-state index < -0.39 is 172 Å². The highest BCUT2D eigenvalue weighted by molar-refractivity contribution is 6.31. The highest BCUT2D eigenvalue weighted by Gasteiger charge is 2.52. The molecule has 4 aliphatic heterocycles. The molecule has 1 saturated carbocycles. The predicted octanol–water partition coefficient (Wildman–Crippen LogP) is 5.24. The van der Waals surface area contributed by atoms with Crippen LogP contribution in [-0.4, -0.2) is 263 Å². The SMILES string of the molecule is CC[C@H](C)[C@@H]1NC(=O)[C@H](CC(C)C)N(C)C(=O)C[C@@H](C(=O)N2CCOCC2)N(C)C(=O)[C@H]([C@@H](C)CC)N(C)C(=O)C2(CCCC2)NC(=O)[C@@H]2CCCN2C(=O)[C@H](CCc2ccc(C(F)(F)F)c(Cl)c2)NC(=O)CN(C)C(=O)[C@H](Cc2ccc(C)cc2)N(CC)C(=O)[C@@H]2CCN2C(=O)[C@H](C)N(C)C1=O. The molecule has 0 unspecified atom stereocenters. The fraction of sp³-hybridized carbons (Fsp3) is 0.676. The Morgan fingerprint density at radius 3 is 1.86 bits per heavy atom. The van der Waals surface area contributed by atoms with Crippen LogP contribution in [-0.2, 0) is 81.3 Å². The lowest BCUT2D eigenvalue weighted by Gasteiger charge is -2.45. The summed E-state index contributed by atoms with van der Waals surface area (Å²) in [6.07, 6.45) is -3.05. The maximum atomic E-state index is 15.6. The van der Waals surface area contributed by atoms with Gasteiger partial charge in [0, 0.05) is 74.4 Å². The second-order valence-electron chi connectivity index (χ2n) is 29.3. The van der Waals surface area contributed by atoms with Gasteiger partial charge in [0.05, 0.1) is 36.8 Å². The van der Waals surface area contributed by atoms with Crippen molar-refractivity contribution >= 4 is 82.5 Å². The van der Waals surface area contributed by atoms with E-state index in [0.717, 1.165) is 22.6 Å². The van der Waals surface area contributed by atoms with Crippen LogP contribution in [0.3, 0.4) is 0 Å². The normalized spacial score (nSPS) is 26.5. The van der Waals surface area contributed by atoms with Crippen molar-refractivity contribution < 1.29 is 75.4 Å². The van der Waals surface area contributed by atoms with Crippen molar-refractivity contribution in [3.05, 3.63) is 69.7 Å². The largest absolute Gasteiger partial charge is 0.417 e. The van der Waals surface area contributed by atoms with Gasteiger partial charge in [-0.3, -0.25) is 57.5 Å². The number of benzene rings is 2. The van der Waals surface area contributed by atoms with Gasteiger partial charge in [0.1, 0.15) is 59.9 Å². The van der Waals surface area contributed by atoms with Gasteiger partial charge in [0.15, 0.2) is 0 Å².